The number of benzene rings is 1. The monoisotopic (exact) mass is 244 g/mol. The maximum atomic E-state index is 8.91. The van der Waals surface area contributed by atoms with Gasteiger partial charge in [0, 0.05) is 17.7 Å². The first kappa shape index (κ1) is 13.1. The van der Waals surface area contributed by atoms with Gasteiger partial charge in [-0.05, 0) is 31.9 Å². The Bertz CT molecular complexity index is 350. The second-order valence-electron chi connectivity index (χ2n) is 3.73. The van der Waals surface area contributed by atoms with Crippen LogP contribution in [0.1, 0.15) is 19.4 Å². The van der Waals surface area contributed by atoms with E-state index in [-0.39, 0.29) is 12.7 Å². The van der Waals surface area contributed by atoms with E-state index in [1.165, 1.54) is 0 Å². The van der Waals surface area contributed by atoms with Gasteiger partial charge in [-0.1, -0.05) is 11.6 Å². The van der Waals surface area contributed by atoms with E-state index in [4.69, 9.17) is 26.2 Å². The lowest BCUT2D eigenvalue weighted by molar-refractivity contribution is 0.229. The summed E-state index contributed by atoms with van der Waals surface area (Å²) in [5.74, 6) is 1.27. The van der Waals surface area contributed by atoms with E-state index in [9.17, 15) is 0 Å². The molecule has 4 heteroatoms. The zero-order valence-corrected chi connectivity index (χ0v) is 10.5. The number of ether oxygens (including phenoxy) is 2. The minimum atomic E-state index is 0.0627. The molecule has 0 aliphatic carbocycles. The van der Waals surface area contributed by atoms with E-state index in [1.54, 1.807) is 13.2 Å². The molecule has 0 fully saturated rings. The minimum absolute atomic E-state index is 0.0627. The number of aliphatic hydroxyl groups excluding tert-OH is 1. The molecule has 0 saturated carbocycles. The van der Waals surface area contributed by atoms with Crippen molar-refractivity contribution in [1.82, 2.24) is 0 Å². The fourth-order valence-corrected chi connectivity index (χ4v) is 1.64. The summed E-state index contributed by atoms with van der Waals surface area (Å²) in [7, 11) is 1.57. The standard InChI is InChI=1S/C12H17ClO3/c1-8(2)16-12-6-9(4-5-14)10(13)7-11(12)15-3/h6-8,14H,4-5H2,1-3H3. The van der Waals surface area contributed by atoms with Crippen LogP contribution in [0.15, 0.2) is 12.1 Å². The molecule has 0 aliphatic rings. The summed E-state index contributed by atoms with van der Waals surface area (Å²) in [4.78, 5) is 0. The third-order valence-electron chi connectivity index (χ3n) is 2.08. The summed E-state index contributed by atoms with van der Waals surface area (Å²) in [6.45, 7) is 3.95. The smallest absolute Gasteiger partial charge is 0.162 e. The Hall–Kier alpha value is -0.930. The predicted molar refractivity (Wildman–Crippen MR) is 64.6 cm³/mol. The Morgan fingerprint density at radius 1 is 1.31 bits per heavy atom. The molecule has 1 rings (SSSR count). The van der Waals surface area contributed by atoms with Crippen LogP contribution < -0.4 is 9.47 Å². The maximum Gasteiger partial charge on any atom is 0.162 e. The Balaban J connectivity index is 3.07. The molecule has 0 heterocycles. The van der Waals surface area contributed by atoms with E-state index in [0.717, 1.165) is 5.56 Å². The molecular weight excluding hydrogens is 228 g/mol. The van der Waals surface area contributed by atoms with Crippen LogP contribution >= 0.6 is 11.6 Å². The molecule has 1 aromatic carbocycles. The van der Waals surface area contributed by atoms with Gasteiger partial charge in [-0.3, -0.25) is 0 Å². The topological polar surface area (TPSA) is 38.7 Å². The Labute approximate surface area is 101 Å². The molecule has 0 aromatic heterocycles. The lowest BCUT2D eigenvalue weighted by Gasteiger charge is -2.15. The van der Waals surface area contributed by atoms with Crippen molar-refractivity contribution in [3.05, 3.63) is 22.7 Å². The van der Waals surface area contributed by atoms with Crippen LogP contribution in [0.2, 0.25) is 5.02 Å². The lowest BCUT2D eigenvalue weighted by atomic mass is 10.1. The first-order valence-corrected chi connectivity index (χ1v) is 5.60. The molecule has 0 spiro atoms. The van der Waals surface area contributed by atoms with Crippen LogP contribution in [0.3, 0.4) is 0 Å². The van der Waals surface area contributed by atoms with Crippen LogP contribution in [0, 0.1) is 0 Å². The quantitative estimate of drug-likeness (QED) is 0.866. The van der Waals surface area contributed by atoms with Gasteiger partial charge >= 0.3 is 0 Å². The van der Waals surface area contributed by atoms with Crippen molar-refractivity contribution >= 4 is 11.6 Å². The molecule has 90 valence electrons. The highest BCUT2D eigenvalue weighted by Crippen LogP contribution is 2.34. The van der Waals surface area contributed by atoms with Crippen molar-refractivity contribution in [2.24, 2.45) is 0 Å². The Kier molecular flexibility index (Phi) is 4.90. The van der Waals surface area contributed by atoms with Crippen molar-refractivity contribution in [1.29, 1.82) is 0 Å². The average Bonchev–Trinajstić information content (AvgIpc) is 2.22. The first-order chi connectivity index (χ1) is 7.58. The highest BCUT2D eigenvalue weighted by Gasteiger charge is 2.11. The molecular formula is C12H17ClO3. The SMILES string of the molecule is COc1cc(Cl)c(CCO)cc1OC(C)C. The van der Waals surface area contributed by atoms with Gasteiger partial charge in [0.05, 0.1) is 13.2 Å². The molecule has 1 aromatic rings. The summed E-state index contributed by atoms with van der Waals surface area (Å²) < 4.78 is 10.8. The highest BCUT2D eigenvalue weighted by molar-refractivity contribution is 6.31. The van der Waals surface area contributed by atoms with Crippen molar-refractivity contribution in [2.45, 2.75) is 26.4 Å². The van der Waals surface area contributed by atoms with Gasteiger partial charge in [0.1, 0.15) is 0 Å². The van der Waals surface area contributed by atoms with Crippen LogP contribution in [0.25, 0.3) is 0 Å². The van der Waals surface area contributed by atoms with Crippen LogP contribution in [-0.2, 0) is 6.42 Å². The first-order valence-electron chi connectivity index (χ1n) is 5.22. The number of hydrogen-bond acceptors (Lipinski definition) is 3. The lowest BCUT2D eigenvalue weighted by Crippen LogP contribution is -2.07. The number of halogens is 1. The van der Waals surface area contributed by atoms with Crippen molar-refractivity contribution < 1.29 is 14.6 Å². The maximum absolute atomic E-state index is 8.91. The van der Waals surface area contributed by atoms with E-state index in [1.807, 2.05) is 19.9 Å². The Morgan fingerprint density at radius 3 is 2.50 bits per heavy atom. The number of methoxy groups -OCH3 is 1. The number of rotatable bonds is 5. The third kappa shape index (κ3) is 3.29. The highest BCUT2D eigenvalue weighted by atomic mass is 35.5. The van der Waals surface area contributed by atoms with E-state index < -0.39 is 0 Å². The zero-order chi connectivity index (χ0) is 12.1. The predicted octanol–water partition coefficient (Wildman–Crippen LogP) is 2.67. The van der Waals surface area contributed by atoms with Gasteiger partial charge in [0.15, 0.2) is 11.5 Å². The van der Waals surface area contributed by atoms with Gasteiger partial charge in [0.2, 0.25) is 0 Å². The summed E-state index contributed by atoms with van der Waals surface area (Å²) in [6.07, 6.45) is 0.578. The Morgan fingerprint density at radius 2 is 2.00 bits per heavy atom. The van der Waals surface area contributed by atoms with Crippen molar-refractivity contribution in [3.63, 3.8) is 0 Å². The fourth-order valence-electron chi connectivity index (χ4n) is 1.39. The van der Waals surface area contributed by atoms with Gasteiger partial charge in [0.25, 0.3) is 0 Å². The van der Waals surface area contributed by atoms with Gasteiger partial charge in [-0.15, -0.1) is 0 Å². The molecule has 0 aliphatic heterocycles. The summed E-state index contributed by atoms with van der Waals surface area (Å²) in [6, 6.07) is 3.53. The fraction of sp³-hybridized carbons (Fsp3) is 0.500. The van der Waals surface area contributed by atoms with Crippen molar-refractivity contribution in [2.75, 3.05) is 13.7 Å². The largest absolute Gasteiger partial charge is 0.493 e. The molecule has 3 nitrogen and oxygen atoms in total. The molecule has 0 saturated heterocycles. The van der Waals surface area contributed by atoms with Crippen molar-refractivity contribution in [3.8, 4) is 11.5 Å². The number of hydrogen-bond donors (Lipinski definition) is 1. The normalized spacial score (nSPS) is 10.6. The second-order valence-corrected chi connectivity index (χ2v) is 4.14. The molecule has 1 N–H and O–H groups in total. The van der Waals surface area contributed by atoms with Crippen LogP contribution in [-0.4, -0.2) is 24.9 Å². The molecule has 0 amide bonds. The minimum Gasteiger partial charge on any atom is -0.493 e. The molecule has 0 unspecified atom stereocenters. The van der Waals surface area contributed by atoms with E-state index >= 15 is 0 Å². The summed E-state index contributed by atoms with van der Waals surface area (Å²) >= 11 is 6.05. The summed E-state index contributed by atoms with van der Waals surface area (Å²) in [5.41, 5.74) is 0.862. The van der Waals surface area contributed by atoms with Gasteiger partial charge in [-0.2, -0.15) is 0 Å². The van der Waals surface area contributed by atoms with Gasteiger partial charge in [-0.25, -0.2) is 0 Å². The van der Waals surface area contributed by atoms with Gasteiger partial charge < -0.3 is 14.6 Å². The third-order valence-corrected chi connectivity index (χ3v) is 2.43. The van der Waals surface area contributed by atoms with Crippen LogP contribution in [0.5, 0.6) is 11.5 Å². The van der Waals surface area contributed by atoms with E-state index in [0.29, 0.717) is 22.9 Å². The van der Waals surface area contributed by atoms with Crippen LogP contribution in [0.4, 0.5) is 0 Å². The second kappa shape index (κ2) is 5.97. The molecule has 0 radical (unpaired) electrons. The number of aliphatic hydroxyl groups is 1. The molecule has 0 bridgehead atoms. The molecule has 16 heavy (non-hydrogen) atoms. The van der Waals surface area contributed by atoms with E-state index in [2.05, 4.69) is 0 Å². The zero-order valence-electron chi connectivity index (χ0n) is 9.79. The molecule has 0 atom stereocenters. The summed E-state index contributed by atoms with van der Waals surface area (Å²) in [5, 5.41) is 9.50. The average molecular weight is 245 g/mol.